The number of fused-ring (bicyclic) bond motifs is 2. The normalized spacial score (nSPS) is 24.2. The minimum atomic E-state index is -0.502. The second-order valence-corrected chi connectivity index (χ2v) is 11.9. The highest BCUT2D eigenvalue weighted by atomic mass is 16.5. The predicted octanol–water partition coefficient (Wildman–Crippen LogP) is 2.84. The zero-order valence-electron chi connectivity index (χ0n) is 23.5. The molecule has 1 aromatic heterocycles. The first-order valence-corrected chi connectivity index (χ1v) is 15.0. The molecular weight excluding hydrogens is 520 g/mol. The lowest BCUT2D eigenvalue weighted by Crippen LogP contribution is -2.50. The van der Waals surface area contributed by atoms with Crippen LogP contribution >= 0.6 is 0 Å². The largest absolute Gasteiger partial charge is 0.384 e. The molecule has 1 saturated carbocycles. The van der Waals surface area contributed by atoms with E-state index in [1.54, 1.807) is 24.4 Å². The maximum Gasteiger partial charge on any atom is 0.251 e. The molecule has 2 amide bonds. The molecule has 1 aromatic carbocycles. The van der Waals surface area contributed by atoms with Gasteiger partial charge in [-0.2, -0.15) is 0 Å². The summed E-state index contributed by atoms with van der Waals surface area (Å²) in [6.07, 6.45) is 8.38. The fourth-order valence-corrected chi connectivity index (χ4v) is 6.49. The molecule has 2 atom stereocenters. The van der Waals surface area contributed by atoms with Crippen LogP contribution in [0, 0.1) is 5.92 Å². The van der Waals surface area contributed by atoms with E-state index in [9.17, 15) is 14.4 Å². The Morgan fingerprint density at radius 1 is 0.976 bits per heavy atom. The number of Topliss-reactive ketones (excluding diaryl/α,β-unsaturated/α-hetero) is 1. The van der Waals surface area contributed by atoms with Crippen molar-refractivity contribution in [3.8, 4) is 0 Å². The van der Waals surface area contributed by atoms with Gasteiger partial charge in [0.15, 0.2) is 5.78 Å². The molecule has 10 nitrogen and oxygen atoms in total. The maximum absolute atomic E-state index is 13.2. The number of hydrogen-bond acceptors (Lipinski definition) is 8. The molecule has 6 rings (SSSR count). The molecule has 2 unspecified atom stereocenters. The molecule has 3 saturated heterocycles. The molecular formula is C31H40N6O4. The monoisotopic (exact) mass is 560 g/mol. The fourth-order valence-electron chi connectivity index (χ4n) is 6.49. The van der Waals surface area contributed by atoms with Gasteiger partial charge in [0, 0.05) is 73.7 Å². The van der Waals surface area contributed by atoms with Crippen LogP contribution in [-0.4, -0.2) is 85.0 Å². The molecule has 4 heterocycles. The highest BCUT2D eigenvalue weighted by molar-refractivity contribution is 6.02. The summed E-state index contributed by atoms with van der Waals surface area (Å²) in [6.45, 7) is 4.76. The van der Waals surface area contributed by atoms with Crippen molar-refractivity contribution < 1.29 is 19.1 Å². The van der Waals surface area contributed by atoms with Crippen molar-refractivity contribution in [2.45, 2.75) is 63.1 Å². The van der Waals surface area contributed by atoms with E-state index in [1.807, 2.05) is 12.1 Å². The second kappa shape index (κ2) is 12.2. The number of nitrogens with two attached hydrogens (primary N) is 1. The van der Waals surface area contributed by atoms with Gasteiger partial charge in [-0.3, -0.25) is 19.3 Å². The Morgan fingerprint density at radius 2 is 1.71 bits per heavy atom. The molecule has 0 spiro atoms. The van der Waals surface area contributed by atoms with Gasteiger partial charge in [0.2, 0.25) is 0 Å². The van der Waals surface area contributed by atoms with Crippen LogP contribution in [0.25, 0.3) is 0 Å². The molecule has 0 radical (unpaired) electrons. The lowest BCUT2D eigenvalue weighted by atomic mass is 9.96. The van der Waals surface area contributed by atoms with E-state index in [0.717, 1.165) is 70.9 Å². The summed E-state index contributed by atoms with van der Waals surface area (Å²) in [4.78, 5) is 47.2. The Labute approximate surface area is 241 Å². The minimum absolute atomic E-state index is 0.0657. The van der Waals surface area contributed by atoms with E-state index in [2.05, 4.69) is 20.4 Å². The van der Waals surface area contributed by atoms with Gasteiger partial charge >= 0.3 is 0 Å². The van der Waals surface area contributed by atoms with Gasteiger partial charge in [0.25, 0.3) is 11.8 Å². The van der Waals surface area contributed by atoms with Crippen molar-refractivity contribution in [3.63, 3.8) is 0 Å². The van der Waals surface area contributed by atoms with Crippen molar-refractivity contribution in [2.24, 2.45) is 11.7 Å². The third kappa shape index (κ3) is 6.54. The molecule has 4 aliphatic rings. The number of rotatable bonds is 11. The first kappa shape index (κ1) is 27.7. The zero-order valence-corrected chi connectivity index (χ0v) is 23.5. The number of amides is 2. The molecule has 1 aliphatic carbocycles. The van der Waals surface area contributed by atoms with Crippen LogP contribution in [0.5, 0.6) is 0 Å². The number of primary amides is 1. The number of nitrogens with one attached hydrogen (secondary N) is 2. The fraction of sp³-hybridized carbons (Fsp3) is 0.548. The van der Waals surface area contributed by atoms with Gasteiger partial charge in [0.05, 0.1) is 18.8 Å². The number of anilines is 2. The Bertz CT molecular complexity index is 1260. The maximum atomic E-state index is 13.2. The number of pyridine rings is 1. The van der Waals surface area contributed by atoms with Crippen molar-refractivity contribution in [1.82, 2.24) is 15.2 Å². The van der Waals surface area contributed by atoms with Crippen LogP contribution in [-0.2, 0) is 4.74 Å². The van der Waals surface area contributed by atoms with Crippen LogP contribution in [0.1, 0.15) is 76.0 Å². The van der Waals surface area contributed by atoms with Crippen LogP contribution in [0.4, 0.5) is 11.5 Å². The van der Waals surface area contributed by atoms with Crippen molar-refractivity contribution in [1.29, 1.82) is 0 Å². The number of ether oxygens (including phenoxy) is 1. The Morgan fingerprint density at radius 3 is 2.37 bits per heavy atom. The standard InChI is InChI=1S/C31H40N6O4/c32-30(39)26-7-3-21(15-27(26)33-18-20-1-2-20)31(40)35-23-16-24-5-6-25(17-23)37(24)29-8-4-22(19-34-29)28(38)9-10-36-11-13-41-14-12-36/h3-4,7-8,15,19-20,23-25,33H,1-2,5-6,9-14,16-18H2,(H2,32,39)(H,35,40). The average Bonchev–Trinajstić information content (AvgIpc) is 3.78. The van der Waals surface area contributed by atoms with E-state index in [-0.39, 0.29) is 17.7 Å². The second-order valence-electron chi connectivity index (χ2n) is 11.9. The summed E-state index contributed by atoms with van der Waals surface area (Å²) < 4.78 is 5.38. The lowest BCUT2D eigenvalue weighted by molar-refractivity contribution is 0.0370. The van der Waals surface area contributed by atoms with Crippen molar-refractivity contribution in [3.05, 3.63) is 53.2 Å². The summed E-state index contributed by atoms with van der Waals surface area (Å²) in [5, 5.41) is 6.55. The van der Waals surface area contributed by atoms with E-state index in [1.165, 1.54) is 12.8 Å². The number of piperidine rings is 1. The summed E-state index contributed by atoms with van der Waals surface area (Å²) >= 11 is 0. The Hall–Kier alpha value is -3.50. The van der Waals surface area contributed by atoms with Gasteiger partial charge in [0.1, 0.15) is 5.82 Å². The molecule has 218 valence electrons. The van der Waals surface area contributed by atoms with E-state index < -0.39 is 5.91 Å². The number of benzene rings is 1. The van der Waals surface area contributed by atoms with Crippen LogP contribution in [0.3, 0.4) is 0 Å². The van der Waals surface area contributed by atoms with Gasteiger partial charge in [-0.1, -0.05) is 0 Å². The molecule has 2 bridgehead atoms. The predicted molar refractivity (Wildman–Crippen MR) is 156 cm³/mol. The quantitative estimate of drug-likeness (QED) is 0.358. The number of ketones is 1. The van der Waals surface area contributed by atoms with Crippen molar-refractivity contribution >= 4 is 29.1 Å². The first-order valence-electron chi connectivity index (χ1n) is 15.0. The Kier molecular flexibility index (Phi) is 8.20. The average molecular weight is 561 g/mol. The van der Waals surface area contributed by atoms with Crippen molar-refractivity contribution in [2.75, 3.05) is 49.6 Å². The highest BCUT2D eigenvalue weighted by Crippen LogP contribution is 2.39. The number of carbonyl (C=O) groups excluding carboxylic acids is 3. The molecule has 4 N–H and O–H groups in total. The molecule has 41 heavy (non-hydrogen) atoms. The summed E-state index contributed by atoms with van der Waals surface area (Å²) in [5.41, 5.74) is 7.78. The molecule has 10 heteroatoms. The number of morpholine rings is 1. The lowest BCUT2D eigenvalue weighted by Gasteiger charge is -2.40. The zero-order chi connectivity index (χ0) is 28.3. The highest BCUT2D eigenvalue weighted by Gasteiger charge is 2.42. The first-order chi connectivity index (χ1) is 19.9. The Balaban J connectivity index is 1.04. The third-order valence-corrected chi connectivity index (χ3v) is 8.99. The van der Waals surface area contributed by atoms with E-state index in [0.29, 0.717) is 46.8 Å². The van der Waals surface area contributed by atoms with Gasteiger partial charge in [-0.15, -0.1) is 0 Å². The third-order valence-electron chi connectivity index (χ3n) is 8.99. The van der Waals surface area contributed by atoms with Crippen LogP contribution in [0.2, 0.25) is 0 Å². The van der Waals surface area contributed by atoms with Gasteiger partial charge in [-0.05, 0) is 74.8 Å². The van der Waals surface area contributed by atoms with E-state index >= 15 is 0 Å². The topological polar surface area (TPSA) is 130 Å². The van der Waals surface area contributed by atoms with Gasteiger partial charge in [-0.25, -0.2) is 4.98 Å². The summed E-state index contributed by atoms with van der Waals surface area (Å²) in [6, 6.07) is 9.59. The number of carbonyl (C=O) groups is 3. The van der Waals surface area contributed by atoms with Crippen LogP contribution in [0.15, 0.2) is 36.5 Å². The number of nitrogens with zero attached hydrogens (tertiary/aromatic N) is 3. The number of aromatic nitrogens is 1. The minimum Gasteiger partial charge on any atom is -0.384 e. The smallest absolute Gasteiger partial charge is 0.251 e. The van der Waals surface area contributed by atoms with E-state index in [4.69, 9.17) is 15.5 Å². The van der Waals surface area contributed by atoms with Gasteiger partial charge < -0.3 is 26.0 Å². The number of hydrogen-bond donors (Lipinski definition) is 3. The summed E-state index contributed by atoms with van der Waals surface area (Å²) in [7, 11) is 0. The molecule has 4 fully saturated rings. The summed E-state index contributed by atoms with van der Waals surface area (Å²) in [5.74, 6) is 1.01. The molecule has 2 aromatic rings. The van der Waals surface area contributed by atoms with Crippen LogP contribution < -0.4 is 21.3 Å². The molecule has 3 aliphatic heterocycles. The SMILES string of the molecule is NC(=O)c1ccc(C(=O)NC2CC3CCC(C2)N3c2ccc(C(=O)CCN3CCOCC3)cn2)cc1NCC1CC1.